The average molecular weight is 326 g/mol. The van der Waals surface area contributed by atoms with Gasteiger partial charge in [-0.05, 0) is 11.4 Å². The largest absolute Gasteiger partial charge is 0.394 e. The average Bonchev–Trinajstić information content (AvgIpc) is 3.10. The molecule has 9 heteroatoms. The van der Waals surface area contributed by atoms with Crippen LogP contribution < -0.4 is 11.2 Å². The second-order valence-corrected chi connectivity index (χ2v) is 5.92. The second-order valence-electron chi connectivity index (χ2n) is 4.97. The first-order chi connectivity index (χ1) is 10.5. The van der Waals surface area contributed by atoms with Gasteiger partial charge in [0.25, 0.3) is 5.56 Å². The smallest absolute Gasteiger partial charge is 0.325 e. The highest BCUT2D eigenvalue weighted by Crippen LogP contribution is 2.45. The summed E-state index contributed by atoms with van der Waals surface area (Å²) in [6, 6.07) is 3.35. The number of H-pyrrole nitrogens is 2. The van der Waals surface area contributed by atoms with E-state index >= 15 is 0 Å². The number of hydrogen-bond donors (Lipinski definition) is 5. The van der Waals surface area contributed by atoms with Crippen molar-refractivity contribution in [2.24, 2.45) is 0 Å². The van der Waals surface area contributed by atoms with E-state index in [1.54, 1.807) is 17.5 Å². The molecule has 22 heavy (non-hydrogen) atoms. The molecule has 1 aliphatic rings. The van der Waals surface area contributed by atoms with Crippen molar-refractivity contribution in [3.8, 4) is 0 Å². The Bertz CT molecular complexity index is 769. The van der Waals surface area contributed by atoms with E-state index in [0.717, 1.165) is 6.20 Å². The molecule has 0 unspecified atom stereocenters. The summed E-state index contributed by atoms with van der Waals surface area (Å²) >= 11 is 1.22. The first-order valence-electron chi connectivity index (χ1n) is 6.52. The number of aliphatic hydroxyl groups excluding tert-OH is 3. The number of hydrogen-bond acceptors (Lipinski definition) is 7. The van der Waals surface area contributed by atoms with Gasteiger partial charge >= 0.3 is 5.69 Å². The lowest BCUT2D eigenvalue weighted by atomic mass is 9.87. The molecule has 5 N–H and O–H groups in total. The van der Waals surface area contributed by atoms with Gasteiger partial charge in [-0.3, -0.25) is 9.78 Å². The van der Waals surface area contributed by atoms with E-state index in [1.165, 1.54) is 11.3 Å². The number of thiophene rings is 1. The molecular weight excluding hydrogens is 312 g/mol. The topological polar surface area (TPSA) is 136 Å². The molecule has 0 aliphatic carbocycles. The molecule has 8 nitrogen and oxygen atoms in total. The van der Waals surface area contributed by atoms with Gasteiger partial charge in [-0.15, -0.1) is 11.3 Å². The summed E-state index contributed by atoms with van der Waals surface area (Å²) in [7, 11) is 0. The van der Waals surface area contributed by atoms with Crippen LogP contribution in [0.15, 0.2) is 33.3 Å². The van der Waals surface area contributed by atoms with E-state index in [4.69, 9.17) is 4.74 Å². The van der Waals surface area contributed by atoms with Crippen LogP contribution in [0.5, 0.6) is 0 Å². The molecule has 0 aromatic carbocycles. The van der Waals surface area contributed by atoms with Gasteiger partial charge in [-0.1, -0.05) is 6.07 Å². The number of aliphatic hydroxyl groups is 3. The maximum absolute atomic E-state index is 12.2. The van der Waals surface area contributed by atoms with Crippen molar-refractivity contribution >= 4 is 11.3 Å². The van der Waals surface area contributed by atoms with Crippen molar-refractivity contribution in [1.82, 2.24) is 9.97 Å². The number of rotatable bonds is 3. The quantitative estimate of drug-likeness (QED) is 0.465. The van der Waals surface area contributed by atoms with Crippen molar-refractivity contribution in [1.29, 1.82) is 0 Å². The minimum Gasteiger partial charge on any atom is -0.394 e. The SMILES string of the molecule is O=c1[nH]cc([C@]2(c3cccs3)O[C@H](CO)[C@@H](O)[C@H]2O)c(=O)[nH]1. The highest BCUT2D eigenvalue weighted by Gasteiger charge is 2.57. The van der Waals surface area contributed by atoms with Crippen molar-refractivity contribution in [2.75, 3.05) is 6.61 Å². The van der Waals surface area contributed by atoms with Crippen molar-refractivity contribution in [3.63, 3.8) is 0 Å². The molecule has 3 heterocycles. The summed E-state index contributed by atoms with van der Waals surface area (Å²) < 4.78 is 5.69. The third kappa shape index (κ3) is 2.06. The van der Waals surface area contributed by atoms with E-state index < -0.39 is 41.8 Å². The normalized spacial score (nSPS) is 31.5. The maximum Gasteiger partial charge on any atom is 0.325 e. The first kappa shape index (κ1) is 15.1. The minimum atomic E-state index is -1.65. The summed E-state index contributed by atoms with van der Waals surface area (Å²) in [6.45, 7) is -0.521. The predicted molar refractivity (Wildman–Crippen MR) is 76.8 cm³/mol. The lowest BCUT2D eigenvalue weighted by Crippen LogP contribution is -2.45. The summed E-state index contributed by atoms with van der Waals surface area (Å²) in [5.41, 5.74) is -3.13. The number of ether oxygens (including phenoxy) is 1. The number of aromatic amines is 2. The van der Waals surface area contributed by atoms with Crippen LogP contribution in [0.25, 0.3) is 0 Å². The van der Waals surface area contributed by atoms with E-state index in [9.17, 15) is 24.9 Å². The molecule has 3 rings (SSSR count). The molecule has 1 fully saturated rings. The van der Waals surface area contributed by atoms with Crippen molar-refractivity contribution in [2.45, 2.75) is 23.9 Å². The van der Waals surface area contributed by atoms with Crippen molar-refractivity contribution < 1.29 is 20.1 Å². The van der Waals surface area contributed by atoms with Gasteiger partial charge in [-0.25, -0.2) is 4.79 Å². The standard InChI is InChI=1S/C13H14N2O6S/c16-5-7-9(17)10(18)13(21-7,8-2-1-3-22-8)6-4-14-12(20)15-11(6)19/h1-4,7,9-10,16-18H,5H2,(H2,14,15,19,20)/t7-,9-,10-,13-/m1/s1. The lowest BCUT2D eigenvalue weighted by molar-refractivity contribution is -0.0698. The Morgan fingerprint density at radius 2 is 2.14 bits per heavy atom. The predicted octanol–water partition coefficient (Wildman–Crippen LogP) is -1.52. The minimum absolute atomic E-state index is 0.0444. The van der Waals surface area contributed by atoms with Crippen LogP contribution in [0.1, 0.15) is 10.4 Å². The summed E-state index contributed by atoms with van der Waals surface area (Å²) in [6.07, 6.45) is -2.76. The monoisotopic (exact) mass is 326 g/mol. The van der Waals surface area contributed by atoms with Crippen LogP contribution in [0.2, 0.25) is 0 Å². The molecule has 4 atom stereocenters. The highest BCUT2D eigenvalue weighted by atomic mass is 32.1. The fourth-order valence-corrected chi connectivity index (χ4v) is 3.62. The summed E-state index contributed by atoms with van der Waals surface area (Å²) in [5.74, 6) is 0. The molecule has 0 saturated carbocycles. The van der Waals surface area contributed by atoms with Gasteiger partial charge in [0.2, 0.25) is 0 Å². The number of nitrogens with one attached hydrogen (secondary N) is 2. The van der Waals surface area contributed by atoms with E-state index in [-0.39, 0.29) is 5.56 Å². The van der Waals surface area contributed by atoms with Crippen LogP contribution >= 0.6 is 11.3 Å². The van der Waals surface area contributed by atoms with Gasteiger partial charge < -0.3 is 25.0 Å². The molecule has 1 saturated heterocycles. The van der Waals surface area contributed by atoms with Gasteiger partial charge in [0, 0.05) is 11.1 Å². The Balaban J connectivity index is 2.26. The molecule has 0 spiro atoms. The van der Waals surface area contributed by atoms with Gasteiger partial charge in [-0.2, -0.15) is 0 Å². The van der Waals surface area contributed by atoms with Crippen LogP contribution in [0, 0.1) is 0 Å². The van der Waals surface area contributed by atoms with Gasteiger partial charge in [0.15, 0.2) is 5.60 Å². The van der Waals surface area contributed by atoms with Crippen LogP contribution in [-0.2, 0) is 10.3 Å². The van der Waals surface area contributed by atoms with E-state index in [2.05, 4.69) is 9.97 Å². The molecule has 0 radical (unpaired) electrons. The molecule has 0 amide bonds. The van der Waals surface area contributed by atoms with Crippen molar-refractivity contribution in [3.05, 3.63) is 55.0 Å². The Morgan fingerprint density at radius 1 is 1.36 bits per heavy atom. The lowest BCUT2D eigenvalue weighted by Gasteiger charge is -2.30. The Labute approximate surface area is 127 Å². The third-order valence-corrected chi connectivity index (χ3v) is 4.73. The van der Waals surface area contributed by atoms with Crippen LogP contribution in [0.3, 0.4) is 0 Å². The van der Waals surface area contributed by atoms with E-state index in [1.807, 2.05) is 0 Å². The summed E-state index contributed by atoms with van der Waals surface area (Å²) in [5, 5.41) is 31.6. The molecule has 0 bridgehead atoms. The highest BCUT2D eigenvalue weighted by molar-refractivity contribution is 7.10. The number of aromatic nitrogens is 2. The molecule has 1 aliphatic heterocycles. The van der Waals surface area contributed by atoms with Crippen LogP contribution in [-0.4, -0.2) is 50.2 Å². The molecule has 2 aromatic rings. The molecule has 118 valence electrons. The molecule has 2 aromatic heterocycles. The van der Waals surface area contributed by atoms with Gasteiger partial charge in [0.05, 0.1) is 12.2 Å². The van der Waals surface area contributed by atoms with Gasteiger partial charge in [0.1, 0.15) is 18.3 Å². The van der Waals surface area contributed by atoms with Crippen LogP contribution in [0.4, 0.5) is 0 Å². The zero-order chi connectivity index (χ0) is 15.9. The Hall–Kier alpha value is -1.78. The Kier molecular flexibility index (Phi) is 3.75. The third-order valence-electron chi connectivity index (χ3n) is 3.74. The first-order valence-corrected chi connectivity index (χ1v) is 7.40. The van der Waals surface area contributed by atoms with E-state index in [0.29, 0.717) is 4.88 Å². The zero-order valence-corrected chi connectivity index (χ0v) is 12.0. The summed E-state index contributed by atoms with van der Waals surface area (Å²) in [4.78, 5) is 28.3. The Morgan fingerprint density at radius 3 is 2.68 bits per heavy atom. The fourth-order valence-electron chi connectivity index (χ4n) is 2.70. The molecular formula is C13H14N2O6S. The fraction of sp³-hybridized carbons (Fsp3) is 0.385. The zero-order valence-electron chi connectivity index (χ0n) is 11.2. The second kappa shape index (κ2) is 5.45. The maximum atomic E-state index is 12.2.